The molecule has 1 unspecified atom stereocenters. The Morgan fingerprint density at radius 1 is 0.900 bits per heavy atom. The van der Waals surface area contributed by atoms with Crippen LogP contribution < -0.4 is 4.90 Å². The molecule has 0 saturated carbocycles. The molecule has 0 spiro atoms. The molecule has 1 aliphatic rings. The zero-order valence-corrected chi connectivity index (χ0v) is 16.6. The van der Waals surface area contributed by atoms with Gasteiger partial charge in [0.05, 0.1) is 11.6 Å². The number of anilines is 2. The molecule has 4 nitrogen and oxygen atoms in total. The number of para-hydroxylation sites is 2. The Bertz CT molecular complexity index is 1070. The van der Waals surface area contributed by atoms with Gasteiger partial charge in [-0.1, -0.05) is 72.8 Å². The molecule has 0 radical (unpaired) electrons. The van der Waals surface area contributed by atoms with Crippen LogP contribution >= 0.6 is 0 Å². The molecule has 0 bridgehead atoms. The average molecular weight is 397 g/mol. The van der Waals surface area contributed by atoms with Crippen molar-refractivity contribution in [1.82, 2.24) is 0 Å². The first-order chi connectivity index (χ1) is 14.7. The summed E-state index contributed by atoms with van der Waals surface area (Å²) in [6.07, 6.45) is 3.82. The lowest BCUT2D eigenvalue weighted by Crippen LogP contribution is -2.20. The van der Waals surface area contributed by atoms with Crippen molar-refractivity contribution in [1.29, 1.82) is 0 Å². The van der Waals surface area contributed by atoms with Gasteiger partial charge < -0.3 is 5.11 Å². The molecule has 4 heteroatoms. The van der Waals surface area contributed by atoms with Crippen LogP contribution in [0, 0.1) is 0 Å². The number of hydrogen-bond donors (Lipinski definition) is 1. The maximum absolute atomic E-state index is 13.2. The summed E-state index contributed by atoms with van der Waals surface area (Å²) in [5, 5.41) is 9.59. The number of allylic oxidation sites excluding steroid dienone is 1. The molecule has 0 aromatic heterocycles. The average Bonchev–Trinajstić information content (AvgIpc) is 3.06. The van der Waals surface area contributed by atoms with Gasteiger partial charge in [0.1, 0.15) is 0 Å². The van der Waals surface area contributed by atoms with Crippen molar-refractivity contribution in [3.8, 4) is 0 Å². The number of carbonyl (C=O) groups is 2. The van der Waals surface area contributed by atoms with Crippen molar-refractivity contribution in [3.05, 3.63) is 102 Å². The molecule has 1 amide bonds. The second kappa shape index (κ2) is 8.78. The SMILES string of the molecule is O=C(O)C(CCC/C=C1/C(=O)N(c2ccccc2)c2ccccc21)c1ccccc1. The van der Waals surface area contributed by atoms with Gasteiger partial charge in [0.2, 0.25) is 0 Å². The summed E-state index contributed by atoms with van der Waals surface area (Å²) in [5.41, 5.74) is 4.14. The monoisotopic (exact) mass is 397 g/mol. The highest BCUT2D eigenvalue weighted by molar-refractivity contribution is 6.34. The molecular formula is C26H23NO3. The van der Waals surface area contributed by atoms with E-state index < -0.39 is 11.9 Å². The fourth-order valence-corrected chi connectivity index (χ4v) is 3.96. The zero-order valence-electron chi connectivity index (χ0n) is 16.6. The summed E-state index contributed by atoms with van der Waals surface area (Å²) in [6.45, 7) is 0. The summed E-state index contributed by atoms with van der Waals surface area (Å²) in [5.74, 6) is -1.39. The van der Waals surface area contributed by atoms with Gasteiger partial charge in [-0.05, 0) is 43.0 Å². The quantitative estimate of drug-likeness (QED) is 0.406. The Hall–Kier alpha value is -3.66. The van der Waals surface area contributed by atoms with Crippen LogP contribution in [0.5, 0.6) is 0 Å². The molecule has 150 valence electrons. The fraction of sp³-hybridized carbons (Fsp3) is 0.154. The molecule has 1 N–H and O–H groups in total. The predicted octanol–water partition coefficient (Wildman–Crippen LogP) is 5.79. The van der Waals surface area contributed by atoms with E-state index in [1.54, 1.807) is 4.90 Å². The number of rotatable bonds is 7. The Morgan fingerprint density at radius 2 is 1.53 bits per heavy atom. The third-order valence-electron chi connectivity index (χ3n) is 5.43. The summed E-state index contributed by atoms with van der Waals surface area (Å²) in [6, 6.07) is 26.7. The largest absolute Gasteiger partial charge is 0.481 e. The number of unbranched alkanes of at least 4 members (excludes halogenated alkanes) is 1. The third kappa shape index (κ3) is 3.90. The Labute approximate surface area is 176 Å². The van der Waals surface area contributed by atoms with E-state index in [1.807, 2.05) is 91.0 Å². The second-order valence-corrected chi connectivity index (χ2v) is 7.34. The van der Waals surface area contributed by atoms with Crippen LogP contribution in [0.15, 0.2) is 91.0 Å². The minimum absolute atomic E-state index is 0.0414. The topological polar surface area (TPSA) is 57.6 Å². The van der Waals surface area contributed by atoms with Crippen molar-refractivity contribution in [2.24, 2.45) is 0 Å². The molecule has 3 aromatic rings. The Balaban J connectivity index is 1.51. The van der Waals surface area contributed by atoms with E-state index >= 15 is 0 Å². The van der Waals surface area contributed by atoms with Crippen LogP contribution in [0.4, 0.5) is 11.4 Å². The minimum Gasteiger partial charge on any atom is -0.481 e. The Morgan fingerprint density at radius 3 is 2.23 bits per heavy atom. The predicted molar refractivity (Wildman–Crippen MR) is 119 cm³/mol. The number of carboxylic acid groups (broad SMARTS) is 1. The van der Waals surface area contributed by atoms with Crippen molar-refractivity contribution in [3.63, 3.8) is 0 Å². The number of nitrogens with zero attached hydrogens (tertiary/aromatic N) is 1. The molecule has 1 heterocycles. The first kappa shape index (κ1) is 19.6. The molecule has 3 aromatic carbocycles. The van der Waals surface area contributed by atoms with E-state index in [0.717, 1.165) is 22.5 Å². The van der Waals surface area contributed by atoms with Crippen LogP contribution in [0.25, 0.3) is 5.57 Å². The fourth-order valence-electron chi connectivity index (χ4n) is 3.96. The van der Waals surface area contributed by atoms with Gasteiger partial charge in [-0.2, -0.15) is 0 Å². The number of fused-ring (bicyclic) bond motifs is 1. The molecule has 0 saturated heterocycles. The smallest absolute Gasteiger partial charge is 0.310 e. The van der Waals surface area contributed by atoms with Gasteiger partial charge in [-0.3, -0.25) is 14.5 Å². The number of hydrogen-bond acceptors (Lipinski definition) is 2. The lowest BCUT2D eigenvalue weighted by atomic mass is 9.93. The number of benzene rings is 3. The molecule has 4 rings (SSSR count). The van der Waals surface area contributed by atoms with Gasteiger partial charge in [0.15, 0.2) is 0 Å². The van der Waals surface area contributed by atoms with Crippen LogP contribution in [-0.4, -0.2) is 17.0 Å². The highest BCUT2D eigenvalue weighted by Gasteiger charge is 2.32. The van der Waals surface area contributed by atoms with Crippen LogP contribution in [0.3, 0.4) is 0 Å². The van der Waals surface area contributed by atoms with Crippen LogP contribution in [0.1, 0.15) is 36.3 Å². The highest BCUT2D eigenvalue weighted by atomic mass is 16.4. The van der Waals surface area contributed by atoms with Gasteiger partial charge in [0.25, 0.3) is 5.91 Å². The maximum atomic E-state index is 13.2. The van der Waals surface area contributed by atoms with Crippen molar-refractivity contribution >= 4 is 28.8 Å². The number of aliphatic carboxylic acids is 1. The van der Waals surface area contributed by atoms with Crippen molar-refractivity contribution in [2.75, 3.05) is 4.90 Å². The summed E-state index contributed by atoms with van der Waals surface area (Å²) in [4.78, 5) is 26.6. The summed E-state index contributed by atoms with van der Waals surface area (Å²) >= 11 is 0. The lowest BCUT2D eigenvalue weighted by molar-refractivity contribution is -0.139. The van der Waals surface area contributed by atoms with E-state index in [2.05, 4.69) is 0 Å². The first-order valence-electron chi connectivity index (χ1n) is 10.1. The maximum Gasteiger partial charge on any atom is 0.310 e. The summed E-state index contributed by atoms with van der Waals surface area (Å²) < 4.78 is 0. The highest BCUT2D eigenvalue weighted by Crippen LogP contribution is 2.41. The first-order valence-corrected chi connectivity index (χ1v) is 10.1. The van der Waals surface area contributed by atoms with E-state index in [9.17, 15) is 14.7 Å². The number of carboxylic acids is 1. The lowest BCUT2D eigenvalue weighted by Gasteiger charge is -2.16. The van der Waals surface area contributed by atoms with Crippen LogP contribution in [0.2, 0.25) is 0 Å². The molecule has 1 aliphatic heterocycles. The minimum atomic E-state index is -0.814. The number of amides is 1. The second-order valence-electron chi connectivity index (χ2n) is 7.34. The Kier molecular flexibility index (Phi) is 5.75. The molecule has 0 fully saturated rings. The van der Waals surface area contributed by atoms with Crippen molar-refractivity contribution in [2.45, 2.75) is 25.2 Å². The van der Waals surface area contributed by atoms with Gasteiger partial charge >= 0.3 is 5.97 Å². The number of carbonyl (C=O) groups excluding carboxylic acids is 1. The summed E-state index contributed by atoms with van der Waals surface area (Å²) in [7, 11) is 0. The van der Waals surface area contributed by atoms with Gasteiger partial charge in [0, 0.05) is 16.8 Å². The van der Waals surface area contributed by atoms with Gasteiger partial charge in [-0.15, -0.1) is 0 Å². The molecular weight excluding hydrogens is 374 g/mol. The van der Waals surface area contributed by atoms with E-state index in [0.29, 0.717) is 24.8 Å². The molecule has 1 atom stereocenters. The van der Waals surface area contributed by atoms with E-state index in [-0.39, 0.29) is 5.91 Å². The molecule has 30 heavy (non-hydrogen) atoms. The van der Waals surface area contributed by atoms with Crippen LogP contribution in [-0.2, 0) is 9.59 Å². The standard InChI is InChI=1S/C26H23NO3/c28-25-23(17-8-7-15-21(26(29)30)19-11-3-1-4-12-19)22-16-9-10-18-24(22)27(25)20-13-5-2-6-14-20/h1-6,9-14,16-18,21H,7-8,15H2,(H,29,30)/b23-17+. The van der Waals surface area contributed by atoms with E-state index in [4.69, 9.17) is 0 Å². The third-order valence-corrected chi connectivity index (χ3v) is 5.43. The van der Waals surface area contributed by atoms with Gasteiger partial charge in [-0.25, -0.2) is 0 Å². The van der Waals surface area contributed by atoms with Crippen molar-refractivity contribution < 1.29 is 14.7 Å². The normalized spacial score (nSPS) is 15.3. The molecule has 0 aliphatic carbocycles. The zero-order chi connectivity index (χ0) is 20.9. The van der Waals surface area contributed by atoms with E-state index in [1.165, 1.54) is 0 Å².